The molecule has 0 aliphatic heterocycles. The SMILES string of the molecule is CCN(C)c1cnc(Cl)s1. The number of hydrogen-bond donors (Lipinski definition) is 0. The summed E-state index contributed by atoms with van der Waals surface area (Å²) in [4.78, 5) is 6.03. The molecule has 1 rings (SSSR count). The van der Waals surface area contributed by atoms with Gasteiger partial charge in [0, 0.05) is 13.6 Å². The Morgan fingerprint density at radius 2 is 2.50 bits per heavy atom. The molecule has 0 fully saturated rings. The Balaban J connectivity index is 2.74. The summed E-state index contributed by atoms with van der Waals surface area (Å²) in [5.41, 5.74) is 0. The second-order valence-corrected chi connectivity index (χ2v) is 3.56. The van der Waals surface area contributed by atoms with Gasteiger partial charge in [-0.2, -0.15) is 0 Å². The van der Waals surface area contributed by atoms with E-state index in [0.717, 1.165) is 11.5 Å². The zero-order valence-electron chi connectivity index (χ0n) is 5.97. The van der Waals surface area contributed by atoms with Crippen LogP contribution in [0.3, 0.4) is 0 Å². The molecule has 4 heteroatoms. The predicted molar refractivity (Wildman–Crippen MR) is 46.1 cm³/mol. The Labute approximate surface area is 69.4 Å². The van der Waals surface area contributed by atoms with Crippen LogP contribution in [0, 0.1) is 0 Å². The molecule has 0 bridgehead atoms. The van der Waals surface area contributed by atoms with Crippen LogP contribution in [0.15, 0.2) is 6.20 Å². The molecule has 1 aromatic heterocycles. The van der Waals surface area contributed by atoms with Crippen molar-refractivity contribution in [1.29, 1.82) is 0 Å². The van der Waals surface area contributed by atoms with E-state index in [1.54, 1.807) is 6.20 Å². The smallest absolute Gasteiger partial charge is 0.185 e. The van der Waals surface area contributed by atoms with Crippen LogP contribution in [0.1, 0.15) is 6.92 Å². The second kappa shape index (κ2) is 3.21. The van der Waals surface area contributed by atoms with Crippen molar-refractivity contribution in [3.8, 4) is 0 Å². The first-order chi connectivity index (χ1) is 4.74. The van der Waals surface area contributed by atoms with E-state index in [9.17, 15) is 0 Å². The van der Waals surface area contributed by atoms with Crippen molar-refractivity contribution < 1.29 is 0 Å². The molecular formula is C6H9ClN2S. The van der Waals surface area contributed by atoms with Crippen molar-refractivity contribution in [3.63, 3.8) is 0 Å². The zero-order chi connectivity index (χ0) is 7.56. The Hall–Kier alpha value is -0.280. The van der Waals surface area contributed by atoms with Crippen molar-refractivity contribution in [3.05, 3.63) is 10.7 Å². The van der Waals surface area contributed by atoms with Crippen LogP contribution in [-0.4, -0.2) is 18.6 Å². The minimum Gasteiger partial charge on any atom is -0.365 e. The summed E-state index contributed by atoms with van der Waals surface area (Å²) >= 11 is 7.14. The fourth-order valence-electron chi connectivity index (χ4n) is 0.577. The summed E-state index contributed by atoms with van der Waals surface area (Å²) in [5.74, 6) is 0. The van der Waals surface area contributed by atoms with Gasteiger partial charge in [0.2, 0.25) is 0 Å². The van der Waals surface area contributed by atoms with Gasteiger partial charge in [-0.3, -0.25) is 0 Å². The number of halogens is 1. The van der Waals surface area contributed by atoms with E-state index in [2.05, 4.69) is 16.8 Å². The van der Waals surface area contributed by atoms with Gasteiger partial charge in [-0.15, -0.1) is 0 Å². The molecular weight excluding hydrogens is 168 g/mol. The zero-order valence-corrected chi connectivity index (χ0v) is 7.54. The molecule has 0 aromatic carbocycles. The largest absolute Gasteiger partial charge is 0.365 e. The molecule has 56 valence electrons. The lowest BCUT2D eigenvalue weighted by Crippen LogP contribution is -2.13. The summed E-state index contributed by atoms with van der Waals surface area (Å²) < 4.78 is 0.607. The number of thiazole rings is 1. The molecule has 0 aliphatic carbocycles. The lowest BCUT2D eigenvalue weighted by atomic mass is 10.6. The topological polar surface area (TPSA) is 16.1 Å². The summed E-state index contributed by atoms with van der Waals surface area (Å²) in [6.45, 7) is 3.08. The van der Waals surface area contributed by atoms with Gasteiger partial charge in [0.05, 0.1) is 6.20 Å². The molecule has 0 saturated heterocycles. The van der Waals surface area contributed by atoms with E-state index in [0.29, 0.717) is 4.47 Å². The van der Waals surface area contributed by atoms with Crippen LogP contribution in [0.5, 0.6) is 0 Å². The molecule has 10 heavy (non-hydrogen) atoms. The van der Waals surface area contributed by atoms with Gasteiger partial charge in [0.1, 0.15) is 5.00 Å². The number of rotatable bonds is 2. The molecule has 0 unspecified atom stereocenters. The van der Waals surface area contributed by atoms with Crippen molar-refractivity contribution in [2.45, 2.75) is 6.92 Å². The van der Waals surface area contributed by atoms with E-state index in [1.165, 1.54) is 11.3 Å². The Bertz CT molecular complexity index is 211. The molecule has 0 radical (unpaired) electrons. The van der Waals surface area contributed by atoms with Gasteiger partial charge in [-0.1, -0.05) is 22.9 Å². The van der Waals surface area contributed by atoms with Gasteiger partial charge in [-0.05, 0) is 6.92 Å². The number of aromatic nitrogens is 1. The van der Waals surface area contributed by atoms with E-state index in [1.807, 2.05) is 7.05 Å². The highest BCUT2D eigenvalue weighted by Gasteiger charge is 2.01. The third-order valence-electron chi connectivity index (χ3n) is 1.32. The van der Waals surface area contributed by atoms with Crippen LogP contribution < -0.4 is 4.90 Å². The average Bonchev–Trinajstić information content (AvgIpc) is 2.34. The minimum atomic E-state index is 0.607. The lowest BCUT2D eigenvalue weighted by molar-refractivity contribution is 0.979. The van der Waals surface area contributed by atoms with Crippen LogP contribution in [0.4, 0.5) is 5.00 Å². The lowest BCUT2D eigenvalue weighted by Gasteiger charge is -2.11. The maximum atomic E-state index is 5.64. The van der Waals surface area contributed by atoms with E-state index >= 15 is 0 Å². The van der Waals surface area contributed by atoms with Gasteiger partial charge < -0.3 is 4.90 Å². The third-order valence-corrected chi connectivity index (χ3v) is 2.54. The summed E-state index contributed by atoms with van der Waals surface area (Å²) in [7, 11) is 2.02. The standard InChI is InChI=1S/C6H9ClN2S/c1-3-9(2)5-4-8-6(7)10-5/h4H,3H2,1-2H3. The first-order valence-electron chi connectivity index (χ1n) is 3.06. The van der Waals surface area contributed by atoms with E-state index in [-0.39, 0.29) is 0 Å². The molecule has 0 amide bonds. The van der Waals surface area contributed by atoms with Gasteiger partial charge in [0.25, 0.3) is 0 Å². The van der Waals surface area contributed by atoms with Gasteiger partial charge in [-0.25, -0.2) is 4.98 Å². The summed E-state index contributed by atoms with van der Waals surface area (Å²) in [6.07, 6.45) is 1.79. The van der Waals surface area contributed by atoms with Gasteiger partial charge >= 0.3 is 0 Å². The van der Waals surface area contributed by atoms with Crippen LogP contribution in [-0.2, 0) is 0 Å². The molecule has 0 N–H and O–H groups in total. The quantitative estimate of drug-likeness (QED) is 0.687. The molecule has 1 aromatic rings. The minimum absolute atomic E-state index is 0.607. The number of nitrogens with zero attached hydrogens (tertiary/aromatic N) is 2. The maximum Gasteiger partial charge on any atom is 0.185 e. The van der Waals surface area contributed by atoms with Crippen molar-refractivity contribution in [1.82, 2.24) is 4.98 Å². The fraction of sp³-hybridized carbons (Fsp3) is 0.500. The van der Waals surface area contributed by atoms with Crippen molar-refractivity contribution in [2.24, 2.45) is 0 Å². The van der Waals surface area contributed by atoms with Crippen LogP contribution in [0.25, 0.3) is 0 Å². The fourth-order valence-corrected chi connectivity index (χ4v) is 1.53. The Kier molecular flexibility index (Phi) is 2.51. The molecule has 2 nitrogen and oxygen atoms in total. The maximum absolute atomic E-state index is 5.64. The summed E-state index contributed by atoms with van der Waals surface area (Å²) in [5, 5.41) is 1.12. The highest BCUT2D eigenvalue weighted by Crippen LogP contribution is 2.25. The van der Waals surface area contributed by atoms with E-state index in [4.69, 9.17) is 11.6 Å². The number of hydrogen-bond acceptors (Lipinski definition) is 3. The Morgan fingerprint density at radius 1 is 1.80 bits per heavy atom. The first-order valence-corrected chi connectivity index (χ1v) is 4.26. The second-order valence-electron chi connectivity index (χ2n) is 1.97. The first kappa shape index (κ1) is 7.82. The van der Waals surface area contributed by atoms with Crippen LogP contribution >= 0.6 is 22.9 Å². The molecule has 0 atom stereocenters. The monoisotopic (exact) mass is 176 g/mol. The highest BCUT2D eigenvalue weighted by atomic mass is 35.5. The average molecular weight is 177 g/mol. The number of anilines is 1. The molecule has 1 heterocycles. The van der Waals surface area contributed by atoms with Crippen LogP contribution in [0.2, 0.25) is 4.47 Å². The predicted octanol–water partition coefficient (Wildman–Crippen LogP) is 2.25. The summed E-state index contributed by atoms with van der Waals surface area (Å²) in [6, 6.07) is 0. The molecule has 0 aliphatic rings. The Morgan fingerprint density at radius 3 is 2.90 bits per heavy atom. The molecule has 0 saturated carbocycles. The normalized spacial score (nSPS) is 9.90. The van der Waals surface area contributed by atoms with Crippen molar-refractivity contribution >= 4 is 27.9 Å². The molecule has 0 spiro atoms. The van der Waals surface area contributed by atoms with E-state index < -0.39 is 0 Å². The van der Waals surface area contributed by atoms with Gasteiger partial charge in [0.15, 0.2) is 4.47 Å². The van der Waals surface area contributed by atoms with Crippen molar-refractivity contribution in [2.75, 3.05) is 18.5 Å². The highest BCUT2D eigenvalue weighted by molar-refractivity contribution is 7.19. The third kappa shape index (κ3) is 1.61.